The lowest BCUT2D eigenvalue weighted by Crippen LogP contribution is -2.43. The minimum atomic E-state index is 0.280. The average Bonchev–Trinajstić information content (AvgIpc) is 2.29. The normalized spacial score (nSPS) is 21.5. The van der Waals surface area contributed by atoms with Crippen LogP contribution in [0.15, 0.2) is 18.3 Å². The van der Waals surface area contributed by atoms with Gasteiger partial charge in [0.1, 0.15) is 11.6 Å². The van der Waals surface area contributed by atoms with Crippen molar-refractivity contribution >= 4 is 5.82 Å². The number of anilines is 1. The molecule has 4 heteroatoms. The van der Waals surface area contributed by atoms with Gasteiger partial charge in [0.25, 0.3) is 0 Å². The first-order valence-electron chi connectivity index (χ1n) is 5.30. The van der Waals surface area contributed by atoms with E-state index in [1.54, 1.807) is 13.3 Å². The number of piperidine rings is 1. The molecule has 0 radical (unpaired) electrons. The maximum atomic E-state index is 5.92. The van der Waals surface area contributed by atoms with E-state index in [0.717, 1.165) is 37.5 Å². The largest absolute Gasteiger partial charge is 0.495 e. The predicted molar refractivity (Wildman–Crippen MR) is 60.2 cm³/mol. The van der Waals surface area contributed by atoms with Gasteiger partial charge in [-0.05, 0) is 25.0 Å². The molecule has 1 aromatic rings. The highest BCUT2D eigenvalue weighted by Gasteiger charge is 2.17. The van der Waals surface area contributed by atoms with Crippen molar-refractivity contribution in [3.63, 3.8) is 0 Å². The topological polar surface area (TPSA) is 51.4 Å². The summed E-state index contributed by atoms with van der Waals surface area (Å²) in [5.41, 5.74) is 5.92. The Labute approximate surface area is 90.0 Å². The number of ether oxygens (including phenoxy) is 1. The molecule has 4 nitrogen and oxygen atoms in total. The van der Waals surface area contributed by atoms with Gasteiger partial charge in [-0.15, -0.1) is 0 Å². The third-order valence-corrected chi connectivity index (χ3v) is 2.74. The van der Waals surface area contributed by atoms with Crippen LogP contribution in [0.25, 0.3) is 0 Å². The molecule has 1 aliphatic rings. The second kappa shape index (κ2) is 4.49. The first-order valence-corrected chi connectivity index (χ1v) is 5.30. The van der Waals surface area contributed by atoms with E-state index in [1.807, 2.05) is 12.1 Å². The number of methoxy groups -OCH3 is 1. The van der Waals surface area contributed by atoms with Crippen LogP contribution in [0.2, 0.25) is 0 Å². The third kappa shape index (κ3) is 2.39. The number of nitrogens with two attached hydrogens (primary N) is 1. The Balaban J connectivity index is 2.07. The summed E-state index contributed by atoms with van der Waals surface area (Å²) in [6.45, 7) is 1.95. The fourth-order valence-electron chi connectivity index (χ4n) is 1.90. The monoisotopic (exact) mass is 207 g/mol. The van der Waals surface area contributed by atoms with Crippen molar-refractivity contribution in [2.75, 3.05) is 25.1 Å². The molecule has 1 aromatic heterocycles. The summed E-state index contributed by atoms with van der Waals surface area (Å²) in [6, 6.07) is 4.20. The summed E-state index contributed by atoms with van der Waals surface area (Å²) < 4.78 is 5.07. The van der Waals surface area contributed by atoms with Crippen molar-refractivity contribution in [2.24, 2.45) is 5.73 Å². The van der Waals surface area contributed by atoms with Gasteiger partial charge in [0.2, 0.25) is 0 Å². The molecule has 0 aromatic carbocycles. The van der Waals surface area contributed by atoms with Gasteiger partial charge in [-0.1, -0.05) is 0 Å². The van der Waals surface area contributed by atoms with E-state index < -0.39 is 0 Å². The zero-order valence-corrected chi connectivity index (χ0v) is 9.02. The van der Waals surface area contributed by atoms with E-state index in [2.05, 4.69) is 9.88 Å². The van der Waals surface area contributed by atoms with Crippen LogP contribution in [0.3, 0.4) is 0 Å². The van der Waals surface area contributed by atoms with Gasteiger partial charge < -0.3 is 15.4 Å². The molecule has 2 N–H and O–H groups in total. The Morgan fingerprint density at radius 3 is 3.00 bits per heavy atom. The van der Waals surface area contributed by atoms with Gasteiger partial charge >= 0.3 is 0 Å². The van der Waals surface area contributed by atoms with Crippen LogP contribution in [-0.4, -0.2) is 31.2 Å². The van der Waals surface area contributed by atoms with Crippen LogP contribution >= 0.6 is 0 Å². The van der Waals surface area contributed by atoms with Crippen molar-refractivity contribution in [2.45, 2.75) is 18.9 Å². The van der Waals surface area contributed by atoms with Crippen molar-refractivity contribution in [1.82, 2.24) is 4.98 Å². The molecule has 1 atom stereocenters. The lowest BCUT2D eigenvalue weighted by atomic mass is 10.1. The first-order chi connectivity index (χ1) is 7.29. The summed E-state index contributed by atoms with van der Waals surface area (Å²) in [7, 11) is 1.65. The van der Waals surface area contributed by atoms with E-state index in [1.165, 1.54) is 0 Å². The van der Waals surface area contributed by atoms with E-state index >= 15 is 0 Å². The molecule has 1 aliphatic heterocycles. The summed E-state index contributed by atoms with van der Waals surface area (Å²) in [6.07, 6.45) is 4.01. The Hall–Kier alpha value is -1.29. The molecule has 0 aliphatic carbocycles. The Kier molecular flexibility index (Phi) is 3.06. The quantitative estimate of drug-likeness (QED) is 0.786. The molecule has 82 valence electrons. The van der Waals surface area contributed by atoms with Gasteiger partial charge in [-0.25, -0.2) is 4.98 Å². The molecule has 0 saturated carbocycles. The molecule has 0 spiro atoms. The van der Waals surface area contributed by atoms with Gasteiger partial charge in [0.15, 0.2) is 0 Å². The van der Waals surface area contributed by atoms with E-state index in [0.29, 0.717) is 0 Å². The van der Waals surface area contributed by atoms with Crippen LogP contribution in [0, 0.1) is 0 Å². The minimum Gasteiger partial charge on any atom is -0.495 e. The van der Waals surface area contributed by atoms with Crippen LogP contribution in [0.5, 0.6) is 5.75 Å². The lowest BCUT2D eigenvalue weighted by molar-refractivity contribution is 0.412. The van der Waals surface area contributed by atoms with E-state index in [4.69, 9.17) is 10.5 Å². The number of rotatable bonds is 2. The standard InChI is InChI=1S/C11H17N3O/c1-15-10-4-5-11(13-7-10)14-6-2-3-9(12)8-14/h4-5,7,9H,2-3,6,8,12H2,1H3/t9-/m1/s1. The fraction of sp³-hybridized carbons (Fsp3) is 0.545. The number of nitrogens with zero attached hydrogens (tertiary/aromatic N) is 2. The number of hydrogen-bond donors (Lipinski definition) is 1. The van der Waals surface area contributed by atoms with Crippen molar-refractivity contribution in [3.05, 3.63) is 18.3 Å². The Morgan fingerprint density at radius 1 is 1.53 bits per heavy atom. The van der Waals surface area contributed by atoms with Gasteiger partial charge in [-0.3, -0.25) is 0 Å². The van der Waals surface area contributed by atoms with Crippen molar-refractivity contribution in [3.8, 4) is 5.75 Å². The maximum Gasteiger partial charge on any atom is 0.137 e. The van der Waals surface area contributed by atoms with Gasteiger partial charge in [-0.2, -0.15) is 0 Å². The summed E-state index contributed by atoms with van der Waals surface area (Å²) in [5, 5.41) is 0. The lowest BCUT2D eigenvalue weighted by Gasteiger charge is -2.31. The fourth-order valence-corrected chi connectivity index (χ4v) is 1.90. The molecular formula is C11H17N3O. The highest BCUT2D eigenvalue weighted by molar-refractivity contribution is 5.41. The average molecular weight is 207 g/mol. The highest BCUT2D eigenvalue weighted by Crippen LogP contribution is 2.19. The second-order valence-corrected chi connectivity index (χ2v) is 3.90. The van der Waals surface area contributed by atoms with E-state index in [-0.39, 0.29) is 6.04 Å². The molecule has 2 rings (SSSR count). The van der Waals surface area contributed by atoms with Crippen LogP contribution < -0.4 is 15.4 Å². The van der Waals surface area contributed by atoms with E-state index in [9.17, 15) is 0 Å². The second-order valence-electron chi connectivity index (χ2n) is 3.90. The summed E-state index contributed by atoms with van der Waals surface area (Å²) >= 11 is 0. The molecule has 2 heterocycles. The van der Waals surface area contributed by atoms with Gasteiger partial charge in [0, 0.05) is 19.1 Å². The van der Waals surface area contributed by atoms with Crippen molar-refractivity contribution in [1.29, 1.82) is 0 Å². The number of aromatic nitrogens is 1. The van der Waals surface area contributed by atoms with Crippen LogP contribution in [0.4, 0.5) is 5.82 Å². The zero-order chi connectivity index (χ0) is 10.7. The molecule has 0 bridgehead atoms. The van der Waals surface area contributed by atoms with Crippen LogP contribution in [-0.2, 0) is 0 Å². The zero-order valence-electron chi connectivity index (χ0n) is 9.02. The smallest absolute Gasteiger partial charge is 0.137 e. The Bertz CT molecular complexity index is 312. The summed E-state index contributed by atoms with van der Waals surface area (Å²) in [5.74, 6) is 1.78. The van der Waals surface area contributed by atoms with Crippen molar-refractivity contribution < 1.29 is 4.74 Å². The molecule has 1 saturated heterocycles. The number of hydrogen-bond acceptors (Lipinski definition) is 4. The summed E-state index contributed by atoms with van der Waals surface area (Å²) in [4.78, 5) is 6.58. The van der Waals surface area contributed by atoms with Gasteiger partial charge in [0.05, 0.1) is 13.3 Å². The molecule has 1 fully saturated rings. The molecule has 0 amide bonds. The third-order valence-electron chi connectivity index (χ3n) is 2.74. The van der Waals surface area contributed by atoms with Crippen LogP contribution in [0.1, 0.15) is 12.8 Å². The SMILES string of the molecule is COc1ccc(N2CCC[C@@H](N)C2)nc1. The number of pyridine rings is 1. The Morgan fingerprint density at radius 2 is 2.40 bits per heavy atom. The minimum absolute atomic E-state index is 0.280. The predicted octanol–water partition coefficient (Wildman–Crippen LogP) is 1.02. The maximum absolute atomic E-state index is 5.92. The molecule has 15 heavy (non-hydrogen) atoms. The molecule has 0 unspecified atom stereocenters. The first kappa shape index (κ1) is 10.2. The highest BCUT2D eigenvalue weighted by atomic mass is 16.5. The molecular weight excluding hydrogens is 190 g/mol.